The Morgan fingerprint density at radius 3 is 2.86 bits per heavy atom. The van der Waals surface area contributed by atoms with E-state index in [0.717, 1.165) is 21.6 Å². The first-order valence-electron chi connectivity index (χ1n) is 6.89. The second-order valence-corrected chi connectivity index (χ2v) is 5.85. The molecule has 3 heterocycles. The number of fused-ring (bicyclic) bond motifs is 1. The predicted octanol–water partition coefficient (Wildman–Crippen LogP) is 3.29. The van der Waals surface area contributed by atoms with E-state index in [1.54, 1.807) is 23.6 Å². The van der Waals surface area contributed by atoms with Crippen molar-refractivity contribution in [3.8, 4) is 11.5 Å². The van der Waals surface area contributed by atoms with Crippen LogP contribution < -0.4 is 0 Å². The average molecular weight is 311 g/mol. The van der Waals surface area contributed by atoms with Crippen LogP contribution in [0, 0.1) is 0 Å². The number of aromatic nitrogens is 3. The van der Waals surface area contributed by atoms with Crippen LogP contribution >= 0.6 is 11.3 Å². The molecule has 0 radical (unpaired) electrons. The van der Waals surface area contributed by atoms with E-state index in [1.807, 2.05) is 40.4 Å². The van der Waals surface area contributed by atoms with Crippen molar-refractivity contribution in [2.75, 3.05) is 0 Å². The first-order valence-corrected chi connectivity index (χ1v) is 7.77. The summed E-state index contributed by atoms with van der Waals surface area (Å²) in [6, 6.07) is 11.6. The summed E-state index contributed by atoms with van der Waals surface area (Å²) >= 11 is 1.61. The van der Waals surface area contributed by atoms with Gasteiger partial charge in [-0.25, -0.2) is 4.98 Å². The Morgan fingerprint density at radius 2 is 2.09 bits per heavy atom. The predicted molar refractivity (Wildman–Crippen MR) is 84.6 cm³/mol. The molecule has 4 aromatic rings. The van der Waals surface area contributed by atoms with Gasteiger partial charge in [-0.1, -0.05) is 18.2 Å². The molecule has 0 spiro atoms. The summed E-state index contributed by atoms with van der Waals surface area (Å²) in [6.07, 6.45) is 1.80. The smallest absolute Gasteiger partial charge is 0.155 e. The Morgan fingerprint density at radius 1 is 1.18 bits per heavy atom. The first kappa shape index (κ1) is 13.2. The second kappa shape index (κ2) is 5.40. The average Bonchev–Trinajstić information content (AvgIpc) is 3.27. The zero-order valence-electron chi connectivity index (χ0n) is 11.6. The molecule has 0 atom stereocenters. The summed E-state index contributed by atoms with van der Waals surface area (Å²) in [5.74, 6) is 1.20. The Kier molecular flexibility index (Phi) is 3.25. The van der Waals surface area contributed by atoms with Gasteiger partial charge in [-0.15, -0.1) is 11.3 Å². The number of aliphatic hydroxyl groups is 1. The van der Waals surface area contributed by atoms with Crippen molar-refractivity contribution in [3.05, 3.63) is 58.7 Å². The number of rotatable bonds is 4. The maximum atomic E-state index is 9.16. The molecular formula is C16H13N3O2S. The van der Waals surface area contributed by atoms with Crippen LogP contribution in [0.15, 0.2) is 52.4 Å². The number of para-hydroxylation sites is 1. The Labute approximate surface area is 130 Å². The molecule has 110 valence electrons. The Bertz CT molecular complexity index is 909. The van der Waals surface area contributed by atoms with Gasteiger partial charge in [-0.2, -0.15) is 5.10 Å². The molecule has 5 nitrogen and oxygen atoms in total. The van der Waals surface area contributed by atoms with Crippen molar-refractivity contribution in [1.82, 2.24) is 14.8 Å². The van der Waals surface area contributed by atoms with Gasteiger partial charge in [0.05, 0.1) is 12.1 Å². The molecular weight excluding hydrogens is 298 g/mol. The zero-order chi connectivity index (χ0) is 14.9. The SMILES string of the molecule is OCc1ccc(-c2nn(Cc3nccs3)c3ccccc23)o1. The van der Waals surface area contributed by atoms with Crippen LogP contribution in [-0.4, -0.2) is 19.9 Å². The molecule has 0 unspecified atom stereocenters. The molecule has 0 saturated carbocycles. The molecule has 6 heteroatoms. The van der Waals surface area contributed by atoms with Gasteiger partial charge < -0.3 is 9.52 Å². The van der Waals surface area contributed by atoms with E-state index in [-0.39, 0.29) is 6.61 Å². The molecule has 0 aliphatic rings. The third-order valence-electron chi connectivity index (χ3n) is 3.48. The highest BCUT2D eigenvalue weighted by Gasteiger charge is 2.15. The highest BCUT2D eigenvalue weighted by Crippen LogP contribution is 2.29. The quantitative estimate of drug-likeness (QED) is 0.628. The normalized spacial score (nSPS) is 11.3. The fourth-order valence-electron chi connectivity index (χ4n) is 2.48. The van der Waals surface area contributed by atoms with E-state index in [9.17, 15) is 0 Å². The van der Waals surface area contributed by atoms with Gasteiger partial charge in [0.15, 0.2) is 5.76 Å². The molecule has 4 rings (SSSR count). The highest BCUT2D eigenvalue weighted by molar-refractivity contribution is 7.09. The molecule has 0 aliphatic heterocycles. The van der Waals surface area contributed by atoms with Crippen molar-refractivity contribution in [2.45, 2.75) is 13.2 Å². The van der Waals surface area contributed by atoms with Gasteiger partial charge in [-0.3, -0.25) is 4.68 Å². The summed E-state index contributed by atoms with van der Waals surface area (Å²) in [5, 5.41) is 17.8. The van der Waals surface area contributed by atoms with E-state index in [1.165, 1.54) is 0 Å². The van der Waals surface area contributed by atoms with Gasteiger partial charge >= 0.3 is 0 Å². The van der Waals surface area contributed by atoms with Crippen LogP contribution in [0.5, 0.6) is 0 Å². The van der Waals surface area contributed by atoms with Gasteiger partial charge in [0.1, 0.15) is 23.1 Å². The van der Waals surface area contributed by atoms with Gasteiger partial charge in [0, 0.05) is 17.0 Å². The van der Waals surface area contributed by atoms with E-state index >= 15 is 0 Å². The van der Waals surface area contributed by atoms with Gasteiger partial charge in [-0.05, 0) is 18.2 Å². The summed E-state index contributed by atoms with van der Waals surface area (Å²) < 4.78 is 7.57. The lowest BCUT2D eigenvalue weighted by atomic mass is 10.2. The lowest BCUT2D eigenvalue weighted by Crippen LogP contribution is -2.01. The van der Waals surface area contributed by atoms with E-state index in [0.29, 0.717) is 18.1 Å². The fraction of sp³-hybridized carbons (Fsp3) is 0.125. The van der Waals surface area contributed by atoms with Gasteiger partial charge in [0.25, 0.3) is 0 Å². The molecule has 3 aromatic heterocycles. The minimum absolute atomic E-state index is 0.113. The largest absolute Gasteiger partial charge is 0.457 e. The van der Waals surface area contributed by atoms with Crippen LogP contribution in [0.25, 0.3) is 22.4 Å². The number of thiazole rings is 1. The topological polar surface area (TPSA) is 64.1 Å². The number of benzene rings is 1. The standard InChI is InChI=1S/C16H13N3O2S/c20-10-11-5-6-14(21-11)16-12-3-1-2-4-13(12)19(18-16)9-15-17-7-8-22-15/h1-8,20H,9-10H2. The minimum atomic E-state index is -0.113. The maximum absolute atomic E-state index is 9.16. The summed E-state index contributed by atoms with van der Waals surface area (Å²) in [6.45, 7) is 0.517. The fourth-order valence-corrected chi connectivity index (χ4v) is 3.08. The lowest BCUT2D eigenvalue weighted by Gasteiger charge is -1.99. The summed E-state index contributed by atoms with van der Waals surface area (Å²) in [7, 11) is 0. The summed E-state index contributed by atoms with van der Waals surface area (Å²) in [5.41, 5.74) is 1.82. The number of hydrogen-bond acceptors (Lipinski definition) is 5. The number of hydrogen-bond donors (Lipinski definition) is 1. The molecule has 0 saturated heterocycles. The van der Waals surface area contributed by atoms with Crippen molar-refractivity contribution in [3.63, 3.8) is 0 Å². The molecule has 0 aliphatic carbocycles. The van der Waals surface area contributed by atoms with Crippen LogP contribution in [-0.2, 0) is 13.2 Å². The molecule has 0 amide bonds. The molecule has 1 N–H and O–H groups in total. The van der Waals surface area contributed by atoms with Crippen LogP contribution in [0.4, 0.5) is 0 Å². The van der Waals surface area contributed by atoms with Crippen molar-refractivity contribution < 1.29 is 9.52 Å². The Balaban J connectivity index is 1.85. The number of nitrogens with zero attached hydrogens (tertiary/aromatic N) is 3. The monoisotopic (exact) mass is 311 g/mol. The summed E-state index contributed by atoms with van der Waals surface area (Å²) in [4.78, 5) is 4.32. The van der Waals surface area contributed by atoms with Crippen LogP contribution in [0.2, 0.25) is 0 Å². The van der Waals surface area contributed by atoms with Crippen LogP contribution in [0.1, 0.15) is 10.8 Å². The lowest BCUT2D eigenvalue weighted by molar-refractivity contribution is 0.248. The van der Waals surface area contributed by atoms with E-state index in [2.05, 4.69) is 4.98 Å². The third kappa shape index (κ3) is 2.22. The van der Waals surface area contributed by atoms with E-state index in [4.69, 9.17) is 14.6 Å². The molecule has 22 heavy (non-hydrogen) atoms. The minimum Gasteiger partial charge on any atom is -0.457 e. The van der Waals surface area contributed by atoms with Gasteiger partial charge in [0.2, 0.25) is 0 Å². The Hall–Kier alpha value is -2.44. The highest BCUT2D eigenvalue weighted by atomic mass is 32.1. The maximum Gasteiger partial charge on any atom is 0.155 e. The van der Waals surface area contributed by atoms with E-state index < -0.39 is 0 Å². The molecule has 0 fully saturated rings. The number of aliphatic hydroxyl groups excluding tert-OH is 1. The third-order valence-corrected chi connectivity index (χ3v) is 4.24. The van der Waals surface area contributed by atoms with Crippen LogP contribution in [0.3, 0.4) is 0 Å². The first-order chi connectivity index (χ1) is 10.8. The number of furan rings is 1. The van der Waals surface area contributed by atoms with Crippen molar-refractivity contribution in [1.29, 1.82) is 0 Å². The molecule has 0 bridgehead atoms. The molecule has 1 aromatic carbocycles. The zero-order valence-corrected chi connectivity index (χ0v) is 12.5. The van der Waals surface area contributed by atoms with Crippen molar-refractivity contribution in [2.24, 2.45) is 0 Å². The van der Waals surface area contributed by atoms with Crippen molar-refractivity contribution >= 4 is 22.2 Å². The second-order valence-electron chi connectivity index (χ2n) is 4.87.